The number of hydrogen-bond donors (Lipinski definition) is 0. The Kier molecular flexibility index (Phi) is 10.1. The van der Waals surface area contributed by atoms with Gasteiger partial charge < -0.3 is 0 Å². The third kappa shape index (κ3) is 6.24. The maximum atomic E-state index is 15.9. The number of amides is 4. The number of fused-ring (bicyclic) bond motifs is 4. The molecule has 0 saturated carbocycles. The molecule has 74 heavy (non-hydrogen) atoms. The van der Waals surface area contributed by atoms with E-state index >= 15 is 19.2 Å². The topological polar surface area (TPSA) is 74.8 Å². The Bertz CT molecular complexity index is 3970. The molecule has 2 heterocycles. The Labute approximate surface area is 430 Å². The molecule has 0 N–H and O–H groups in total. The summed E-state index contributed by atoms with van der Waals surface area (Å²) in [5.41, 5.74) is 10.3. The average Bonchev–Trinajstić information content (AvgIpc) is 3.40. The molecule has 13 rings (SSSR count). The second kappa shape index (κ2) is 16.5. The van der Waals surface area contributed by atoms with Gasteiger partial charge in [-0.2, -0.15) is 0 Å². The van der Waals surface area contributed by atoms with Crippen LogP contribution in [0, 0.1) is 0 Å². The number of anilines is 2. The van der Waals surface area contributed by atoms with Crippen molar-refractivity contribution in [1.82, 2.24) is 0 Å². The Hall–Kier alpha value is -8.48. The second-order valence-electron chi connectivity index (χ2n) is 21.6. The van der Waals surface area contributed by atoms with Gasteiger partial charge in [-0.1, -0.05) is 189 Å². The molecule has 4 amide bonds. The zero-order valence-electron chi connectivity index (χ0n) is 42.8. The van der Waals surface area contributed by atoms with Gasteiger partial charge in [0.05, 0.1) is 11.4 Å². The number of hydrogen-bond acceptors (Lipinski definition) is 4. The van der Waals surface area contributed by atoms with E-state index < -0.39 is 0 Å². The highest BCUT2D eigenvalue weighted by atomic mass is 16.2. The number of carbonyl (C=O) groups is 4. The third-order valence-corrected chi connectivity index (χ3v) is 16.1. The monoisotopic (exact) mass is 962 g/mol. The first kappa shape index (κ1) is 45.4. The van der Waals surface area contributed by atoms with Gasteiger partial charge >= 0.3 is 0 Å². The minimum atomic E-state index is -0.369. The van der Waals surface area contributed by atoms with Gasteiger partial charge in [0.15, 0.2) is 0 Å². The maximum absolute atomic E-state index is 15.9. The lowest BCUT2D eigenvalue weighted by atomic mass is 9.77. The molecule has 0 aliphatic carbocycles. The molecule has 11 aromatic carbocycles. The van der Waals surface area contributed by atoms with E-state index in [0.717, 1.165) is 98.4 Å². The number of nitrogens with zero attached hydrogens (tertiary/aromatic N) is 2. The van der Waals surface area contributed by atoms with Gasteiger partial charge in [0.1, 0.15) is 0 Å². The molecule has 0 fully saturated rings. The van der Waals surface area contributed by atoms with Crippen molar-refractivity contribution < 1.29 is 19.2 Å². The smallest absolute Gasteiger partial charge is 0.266 e. The van der Waals surface area contributed by atoms with Crippen LogP contribution in [0.3, 0.4) is 0 Å². The molecular weight excluding hydrogens is 909 g/mol. The molecule has 11 aromatic rings. The van der Waals surface area contributed by atoms with Gasteiger partial charge in [-0.05, 0) is 146 Å². The van der Waals surface area contributed by atoms with E-state index in [1.54, 1.807) is 0 Å². The zero-order chi connectivity index (χ0) is 51.2. The number of benzene rings is 11. The highest BCUT2D eigenvalue weighted by Gasteiger charge is 2.42. The Balaban J connectivity index is 1.22. The molecule has 0 unspecified atom stereocenters. The third-order valence-electron chi connectivity index (χ3n) is 16.1. The normalized spacial score (nSPS) is 13.9. The van der Waals surface area contributed by atoms with Crippen LogP contribution in [0.2, 0.25) is 0 Å². The van der Waals surface area contributed by atoms with Crippen molar-refractivity contribution in [1.29, 1.82) is 0 Å². The van der Waals surface area contributed by atoms with Crippen LogP contribution in [-0.4, -0.2) is 23.6 Å². The number of imide groups is 2. The predicted molar refractivity (Wildman–Crippen MR) is 305 cm³/mol. The minimum Gasteiger partial charge on any atom is -0.268 e. The molecule has 6 nitrogen and oxygen atoms in total. The van der Waals surface area contributed by atoms with Crippen molar-refractivity contribution in [2.45, 2.75) is 79.1 Å². The summed E-state index contributed by atoms with van der Waals surface area (Å²) in [6, 6.07) is 53.2. The van der Waals surface area contributed by atoms with E-state index in [1.807, 2.05) is 84.9 Å². The van der Waals surface area contributed by atoms with Crippen molar-refractivity contribution in [3.05, 3.63) is 202 Å². The summed E-state index contributed by atoms with van der Waals surface area (Å²) in [5, 5.41) is 10.3. The fraction of sp³-hybridized carbons (Fsp3) is 0.176. The lowest BCUT2D eigenvalue weighted by Gasteiger charge is -2.34. The minimum absolute atomic E-state index is 0.0338. The summed E-state index contributed by atoms with van der Waals surface area (Å²) in [5.74, 6) is -1.33. The van der Waals surface area contributed by atoms with E-state index in [1.165, 1.54) is 9.80 Å². The molecule has 0 saturated heterocycles. The molecule has 2 aliphatic rings. The first-order valence-corrected chi connectivity index (χ1v) is 26.0. The van der Waals surface area contributed by atoms with Crippen LogP contribution < -0.4 is 9.80 Å². The maximum Gasteiger partial charge on any atom is 0.266 e. The van der Waals surface area contributed by atoms with Crippen LogP contribution in [0.4, 0.5) is 11.4 Å². The molecule has 360 valence electrons. The highest BCUT2D eigenvalue weighted by molar-refractivity contribution is 6.48. The number of para-hydroxylation sites is 2. The summed E-state index contributed by atoms with van der Waals surface area (Å²) in [6.45, 7) is 16.8. The van der Waals surface area contributed by atoms with Gasteiger partial charge in [0.2, 0.25) is 0 Å². The van der Waals surface area contributed by atoms with Gasteiger partial charge in [-0.15, -0.1) is 0 Å². The van der Waals surface area contributed by atoms with Crippen molar-refractivity contribution in [2.75, 3.05) is 9.80 Å². The van der Waals surface area contributed by atoms with E-state index in [0.29, 0.717) is 44.4 Å². The van der Waals surface area contributed by atoms with Crippen LogP contribution in [0.5, 0.6) is 0 Å². The highest BCUT2D eigenvalue weighted by Crippen LogP contribution is 2.54. The van der Waals surface area contributed by atoms with E-state index in [4.69, 9.17) is 0 Å². The first-order valence-electron chi connectivity index (χ1n) is 26.0. The van der Waals surface area contributed by atoms with Crippen LogP contribution in [-0.2, 0) is 0 Å². The molecule has 0 aromatic heterocycles. The molecular formula is C68H54N2O4. The van der Waals surface area contributed by atoms with E-state index in [-0.39, 0.29) is 47.3 Å². The SMILES string of the molecule is CC(C)c1cccc(C(C)C)c1N1C(=O)c2ccc3c4c(-c5cccc6ccccc56)cc5c6c(ccc(c7c(-c8cccc9ccccc89)cc(c2c37)C1=O)c64)C(=O)N(c1c(C(C)C)cccc1C(C)C)C5=O. The summed E-state index contributed by atoms with van der Waals surface area (Å²) < 4.78 is 0. The molecule has 6 heteroatoms. The first-order chi connectivity index (χ1) is 35.8. The van der Waals surface area contributed by atoms with Gasteiger partial charge in [0, 0.05) is 33.0 Å². The van der Waals surface area contributed by atoms with E-state index in [2.05, 4.69) is 128 Å². The second-order valence-corrected chi connectivity index (χ2v) is 21.6. The van der Waals surface area contributed by atoms with Crippen molar-refractivity contribution >= 4 is 99.6 Å². The summed E-state index contributed by atoms with van der Waals surface area (Å²) >= 11 is 0. The average molecular weight is 963 g/mol. The molecule has 2 aliphatic heterocycles. The lowest BCUT2D eigenvalue weighted by molar-refractivity contribution is 0.0877. The molecule has 0 radical (unpaired) electrons. The number of carbonyl (C=O) groups excluding carboxylic acids is 4. The Morgan fingerprint density at radius 1 is 0.270 bits per heavy atom. The predicted octanol–water partition coefficient (Wildman–Crippen LogP) is 17.5. The molecule has 0 atom stereocenters. The summed E-state index contributed by atoms with van der Waals surface area (Å²) in [6.07, 6.45) is 0. The van der Waals surface area contributed by atoms with Crippen LogP contribution in [0.1, 0.15) is 143 Å². The zero-order valence-corrected chi connectivity index (χ0v) is 42.8. The fourth-order valence-corrected chi connectivity index (χ4v) is 12.8. The number of rotatable bonds is 8. The fourth-order valence-electron chi connectivity index (χ4n) is 12.8. The van der Waals surface area contributed by atoms with Crippen LogP contribution in [0.25, 0.3) is 86.9 Å². The quantitative estimate of drug-likeness (QED) is 0.0864. The lowest BCUT2D eigenvalue weighted by Crippen LogP contribution is -2.42. The van der Waals surface area contributed by atoms with Gasteiger partial charge in [-0.3, -0.25) is 19.2 Å². The Morgan fingerprint density at radius 2 is 0.595 bits per heavy atom. The van der Waals surface area contributed by atoms with Gasteiger partial charge in [-0.25, -0.2) is 9.80 Å². The largest absolute Gasteiger partial charge is 0.268 e. The van der Waals surface area contributed by atoms with Crippen LogP contribution in [0.15, 0.2) is 158 Å². The van der Waals surface area contributed by atoms with Gasteiger partial charge in [0.25, 0.3) is 23.6 Å². The van der Waals surface area contributed by atoms with Crippen molar-refractivity contribution in [3.63, 3.8) is 0 Å². The molecule has 0 spiro atoms. The summed E-state index contributed by atoms with van der Waals surface area (Å²) in [4.78, 5) is 66.0. The van der Waals surface area contributed by atoms with Crippen LogP contribution >= 0.6 is 0 Å². The summed E-state index contributed by atoms with van der Waals surface area (Å²) in [7, 11) is 0. The standard InChI is InChI=1S/C68H54N2O4/c1-35(2)41-23-15-24-42(36(3)4)63(41)69-65(71)51-31-29-49-58-54(48-28-14-20-40-18-10-12-22-46(40)48)34-56-60-52(66(72)70(68(56)74)64-43(37(5)6)25-16-26-44(64)38(7)8)32-30-50(62(58)60)57-53(33-55(67(69)73)59(51)61(49)57)47-27-13-19-39-17-9-11-21-45(39)47/h9-38H,1-8H3. The van der Waals surface area contributed by atoms with Crippen molar-refractivity contribution in [2.24, 2.45) is 0 Å². The Morgan fingerprint density at radius 3 is 0.959 bits per heavy atom. The van der Waals surface area contributed by atoms with Crippen molar-refractivity contribution in [3.8, 4) is 22.3 Å². The molecule has 0 bridgehead atoms. The van der Waals surface area contributed by atoms with E-state index in [9.17, 15) is 0 Å².